The fourth-order valence-corrected chi connectivity index (χ4v) is 15.9. The van der Waals surface area contributed by atoms with E-state index in [0.29, 0.717) is 0 Å². The number of fused-ring (bicyclic) bond motifs is 7. The van der Waals surface area contributed by atoms with Gasteiger partial charge in [0.2, 0.25) is 0 Å². The van der Waals surface area contributed by atoms with Crippen LogP contribution in [0.3, 0.4) is 0 Å². The van der Waals surface area contributed by atoms with Crippen LogP contribution in [-0.2, 0) is 0 Å². The van der Waals surface area contributed by atoms with Crippen LogP contribution in [0.1, 0.15) is 0 Å². The molecule has 0 saturated carbocycles. The molecule has 326 valence electrons. The molecule has 0 unspecified atom stereocenters. The molecule has 13 rings (SSSR count). The number of nitrogens with zero attached hydrogens (tertiary/aromatic N) is 3. The van der Waals surface area contributed by atoms with Crippen molar-refractivity contribution in [1.29, 1.82) is 0 Å². The molecular weight excluding hydrogens is 858 g/mol. The van der Waals surface area contributed by atoms with Crippen molar-refractivity contribution < 1.29 is 4.39 Å². The fourth-order valence-electron chi connectivity index (χ4n) is 11.1. The molecule has 11 aromatic carbocycles. The molecule has 0 saturated heterocycles. The third-order valence-corrected chi connectivity index (χ3v) is 18.9. The summed E-state index contributed by atoms with van der Waals surface area (Å²) in [5.41, 5.74) is 9.63. The Balaban J connectivity index is 1.10. The van der Waals surface area contributed by atoms with Crippen molar-refractivity contribution in [3.8, 4) is 11.4 Å². The second-order valence-electron chi connectivity index (χ2n) is 17.8. The Labute approximate surface area is 400 Å². The summed E-state index contributed by atoms with van der Waals surface area (Å²) in [4.78, 5) is 2.43. The van der Waals surface area contributed by atoms with E-state index >= 15 is 0 Å². The predicted octanol–water partition coefficient (Wildman–Crippen LogP) is 14.0. The van der Waals surface area contributed by atoms with Crippen molar-refractivity contribution in [2.75, 3.05) is 4.90 Å². The van der Waals surface area contributed by atoms with Gasteiger partial charge in [0.25, 0.3) is 0 Å². The SMILES string of the molecule is Fc1ccc(-n2c3ccccc3c3cc(N(c4ccc5c(c4)c4cc([Si](c6ccccc6)(c6ccccc6)c6ccccc6)ccc4n5-c4ccccc4)c4cccc5ccccc45)ccc32)cc1. The first-order chi connectivity index (χ1) is 34.1. The number of anilines is 3. The summed E-state index contributed by atoms with van der Waals surface area (Å²) in [7, 11) is -2.86. The van der Waals surface area contributed by atoms with Gasteiger partial charge in [-0.2, -0.15) is 0 Å². The summed E-state index contributed by atoms with van der Waals surface area (Å²) in [6.07, 6.45) is 0. The molecule has 3 nitrogen and oxygen atoms in total. The Morgan fingerprint density at radius 1 is 0.304 bits per heavy atom. The molecule has 0 N–H and O–H groups in total. The van der Waals surface area contributed by atoms with Crippen molar-refractivity contribution in [2.24, 2.45) is 0 Å². The Morgan fingerprint density at radius 3 is 1.33 bits per heavy atom. The normalized spacial score (nSPS) is 11.8. The largest absolute Gasteiger partial charge is 0.310 e. The summed E-state index contributed by atoms with van der Waals surface area (Å²) >= 11 is 0. The number of hydrogen-bond acceptors (Lipinski definition) is 1. The zero-order chi connectivity index (χ0) is 45.9. The van der Waals surface area contributed by atoms with Crippen molar-refractivity contribution in [2.45, 2.75) is 0 Å². The molecule has 0 spiro atoms. The van der Waals surface area contributed by atoms with Crippen molar-refractivity contribution in [3.63, 3.8) is 0 Å². The lowest BCUT2D eigenvalue weighted by Crippen LogP contribution is -2.74. The van der Waals surface area contributed by atoms with Gasteiger partial charge in [-0.15, -0.1) is 0 Å². The Bertz CT molecular complexity index is 3910. The fraction of sp³-hybridized carbons (Fsp3) is 0. The highest BCUT2D eigenvalue weighted by molar-refractivity contribution is 7.20. The summed E-state index contributed by atoms with van der Waals surface area (Å²) < 4.78 is 18.9. The smallest absolute Gasteiger partial charge is 0.179 e. The third-order valence-electron chi connectivity index (χ3n) is 14.1. The number of para-hydroxylation sites is 2. The molecule has 0 radical (unpaired) electrons. The number of hydrogen-bond donors (Lipinski definition) is 0. The first kappa shape index (κ1) is 40.5. The van der Waals surface area contributed by atoms with E-state index in [1.165, 1.54) is 49.0 Å². The van der Waals surface area contributed by atoms with Crippen molar-refractivity contribution in [3.05, 3.63) is 273 Å². The van der Waals surface area contributed by atoms with Gasteiger partial charge >= 0.3 is 0 Å². The second kappa shape index (κ2) is 16.5. The molecular formula is C64H44FN3Si. The average Bonchev–Trinajstić information content (AvgIpc) is 3.92. The minimum Gasteiger partial charge on any atom is -0.310 e. The maximum atomic E-state index is 14.3. The van der Waals surface area contributed by atoms with Gasteiger partial charge in [-0.05, 0) is 117 Å². The minimum atomic E-state index is -2.86. The minimum absolute atomic E-state index is 0.252. The van der Waals surface area contributed by atoms with Crippen LogP contribution in [0.15, 0.2) is 267 Å². The van der Waals surface area contributed by atoms with Crippen molar-refractivity contribution in [1.82, 2.24) is 9.13 Å². The van der Waals surface area contributed by atoms with Crippen LogP contribution in [0, 0.1) is 5.82 Å². The standard InChI is InChI=1S/C64H44FN3Si/c65-46-32-34-48(35-33-46)68-61-30-16-15-29-56(61)57-42-49(36-39-62(57)68)66(60-31-17-19-45-18-13-14-28-55(45)60)50-37-40-63-58(43-50)59-44-54(38-41-64(59)67(63)47-20-5-1-6-21-47)69(51-22-7-2-8-23-51,52-24-9-3-10-25-52)53-26-11-4-12-27-53/h1-44H. The summed E-state index contributed by atoms with van der Waals surface area (Å²) in [6, 6.07) is 95.9. The lowest BCUT2D eigenvalue weighted by molar-refractivity contribution is 0.627. The molecule has 2 heterocycles. The zero-order valence-corrected chi connectivity index (χ0v) is 38.6. The third kappa shape index (κ3) is 6.54. The van der Waals surface area contributed by atoms with E-state index in [0.717, 1.165) is 66.7 Å². The van der Waals surface area contributed by atoms with E-state index in [9.17, 15) is 4.39 Å². The molecule has 13 aromatic rings. The highest BCUT2D eigenvalue weighted by atomic mass is 28.3. The Kier molecular flexibility index (Phi) is 9.70. The topological polar surface area (TPSA) is 13.1 Å². The first-order valence-corrected chi connectivity index (χ1v) is 25.5. The van der Waals surface area contributed by atoms with Gasteiger partial charge in [0.1, 0.15) is 5.82 Å². The molecule has 2 aromatic heterocycles. The van der Waals surface area contributed by atoms with E-state index < -0.39 is 8.07 Å². The summed E-state index contributed by atoms with van der Waals surface area (Å²) in [5.74, 6) is -0.252. The van der Waals surface area contributed by atoms with E-state index in [-0.39, 0.29) is 5.82 Å². The lowest BCUT2D eigenvalue weighted by Gasteiger charge is -2.34. The van der Waals surface area contributed by atoms with E-state index in [1.54, 1.807) is 0 Å². The van der Waals surface area contributed by atoms with E-state index in [4.69, 9.17) is 0 Å². The Morgan fingerprint density at radius 2 is 0.739 bits per heavy atom. The number of aromatic nitrogens is 2. The summed E-state index contributed by atoms with van der Waals surface area (Å²) in [5, 5.41) is 12.3. The quantitative estimate of drug-likeness (QED) is 0.104. The molecule has 0 bridgehead atoms. The summed E-state index contributed by atoms with van der Waals surface area (Å²) in [6.45, 7) is 0. The maximum Gasteiger partial charge on any atom is 0.179 e. The molecule has 0 atom stereocenters. The average molecular weight is 902 g/mol. The van der Waals surface area contributed by atoms with Crippen LogP contribution in [-0.4, -0.2) is 17.2 Å². The monoisotopic (exact) mass is 901 g/mol. The van der Waals surface area contributed by atoms with Gasteiger partial charge in [0.05, 0.1) is 27.8 Å². The molecule has 0 fully saturated rings. The van der Waals surface area contributed by atoms with Crippen LogP contribution in [0.2, 0.25) is 0 Å². The first-order valence-electron chi connectivity index (χ1n) is 23.5. The zero-order valence-electron chi connectivity index (χ0n) is 37.6. The molecule has 0 aliphatic rings. The number of benzene rings is 11. The van der Waals surface area contributed by atoms with Crippen LogP contribution in [0.5, 0.6) is 0 Å². The van der Waals surface area contributed by atoms with Crippen LogP contribution < -0.4 is 25.6 Å². The van der Waals surface area contributed by atoms with E-state index in [2.05, 4.69) is 257 Å². The van der Waals surface area contributed by atoms with Gasteiger partial charge in [0, 0.05) is 49.7 Å². The molecule has 5 heteroatoms. The highest BCUT2D eigenvalue weighted by Crippen LogP contribution is 2.44. The van der Waals surface area contributed by atoms with E-state index in [1.807, 2.05) is 12.1 Å². The Hall–Kier alpha value is -8.77. The van der Waals surface area contributed by atoms with Gasteiger partial charge in [0.15, 0.2) is 8.07 Å². The molecule has 0 amide bonds. The molecule has 0 aliphatic heterocycles. The molecule has 69 heavy (non-hydrogen) atoms. The molecule has 0 aliphatic carbocycles. The van der Waals surface area contributed by atoms with Gasteiger partial charge in [-0.1, -0.05) is 176 Å². The number of rotatable bonds is 9. The van der Waals surface area contributed by atoms with Crippen LogP contribution >= 0.6 is 0 Å². The van der Waals surface area contributed by atoms with Gasteiger partial charge in [-0.3, -0.25) is 0 Å². The van der Waals surface area contributed by atoms with Crippen molar-refractivity contribution >= 4 is 100 Å². The number of halogens is 1. The lowest BCUT2D eigenvalue weighted by atomic mass is 10.0. The maximum absolute atomic E-state index is 14.3. The van der Waals surface area contributed by atoms with Gasteiger partial charge < -0.3 is 14.0 Å². The van der Waals surface area contributed by atoms with Crippen LogP contribution in [0.4, 0.5) is 21.5 Å². The second-order valence-corrected chi connectivity index (χ2v) is 21.6. The predicted molar refractivity (Wildman–Crippen MR) is 291 cm³/mol. The van der Waals surface area contributed by atoms with Gasteiger partial charge in [-0.25, -0.2) is 4.39 Å². The highest BCUT2D eigenvalue weighted by Gasteiger charge is 2.41. The van der Waals surface area contributed by atoms with Crippen LogP contribution in [0.25, 0.3) is 65.8 Å².